The van der Waals surface area contributed by atoms with Crippen molar-refractivity contribution in [2.24, 2.45) is 0 Å². The molecule has 56 heavy (non-hydrogen) atoms. The predicted molar refractivity (Wildman–Crippen MR) is 209 cm³/mol. The molecule has 2 aliphatic heterocycles. The molecule has 11 nitrogen and oxygen atoms in total. The smallest absolute Gasteiger partial charge is 0.272 e. The summed E-state index contributed by atoms with van der Waals surface area (Å²) >= 11 is 0. The summed E-state index contributed by atoms with van der Waals surface area (Å²) in [4.78, 5) is 0. The Morgan fingerprint density at radius 2 is 0.982 bits per heavy atom. The molecule has 0 bridgehead atoms. The first-order valence-corrected chi connectivity index (χ1v) is 20.5. The van der Waals surface area contributed by atoms with Crippen LogP contribution in [0.25, 0.3) is 0 Å². The summed E-state index contributed by atoms with van der Waals surface area (Å²) in [6, 6.07) is 37.9. The lowest BCUT2D eigenvalue weighted by Gasteiger charge is -2.49. The third-order valence-corrected chi connectivity index (χ3v) is 10.9. The van der Waals surface area contributed by atoms with Crippen LogP contribution in [0.1, 0.15) is 36.1 Å². The first-order chi connectivity index (χ1) is 27.2. The van der Waals surface area contributed by atoms with Crippen molar-refractivity contribution in [1.29, 1.82) is 0 Å². The molecule has 0 N–H and O–H groups in total. The summed E-state index contributed by atoms with van der Waals surface area (Å²) in [6.45, 7) is 8.31. The molecule has 4 aromatic carbocycles. The normalized spacial score (nSPS) is 28.1. The van der Waals surface area contributed by atoms with Crippen molar-refractivity contribution in [2.45, 2.75) is 101 Å². The van der Waals surface area contributed by atoms with E-state index in [9.17, 15) is 8.42 Å². The molecule has 12 heteroatoms. The van der Waals surface area contributed by atoms with Gasteiger partial charge in [0.25, 0.3) is 10.1 Å². The van der Waals surface area contributed by atoms with Crippen LogP contribution in [-0.2, 0) is 77.8 Å². The fourth-order valence-electron chi connectivity index (χ4n) is 6.94. The molecule has 0 aliphatic carbocycles. The number of benzene rings is 4. The fourth-order valence-corrected chi connectivity index (χ4v) is 8.15. The Hall–Kier alpha value is -3.79. The van der Waals surface area contributed by atoms with Gasteiger partial charge in [-0.15, -0.1) is 6.58 Å². The van der Waals surface area contributed by atoms with E-state index in [1.54, 1.807) is 30.3 Å². The highest BCUT2D eigenvalue weighted by atomic mass is 32.2. The molecule has 0 aromatic heterocycles. The largest absolute Gasteiger partial charge is 0.368 e. The molecule has 300 valence electrons. The molecule has 2 aliphatic rings. The number of hydrogen-bond donors (Lipinski definition) is 0. The second-order valence-electron chi connectivity index (χ2n) is 13.9. The lowest BCUT2D eigenvalue weighted by molar-refractivity contribution is -0.362. The molecule has 0 unspecified atom stereocenters. The maximum Gasteiger partial charge on any atom is 0.272 e. The van der Waals surface area contributed by atoms with E-state index < -0.39 is 71.5 Å². The standard InChI is InChI=1S/C44H52O11S/c1-5-26-48-39-37(49-27-33-18-10-6-11-19-33)31(2)53-44(42(39)55-56(45,46)30-36-24-16-9-17-25-36)54-40-38(50-28-34-20-12-7-13-21-34)32(3)52-43(47-4)41(40)51-29-35-22-14-8-15-23-35/h5-25,31-32,37-44H,1,26-30H2,2-4H3/t31-,32-,37-,38-,39+,40+,41+,42+,43+,44+/m1/s1. The van der Waals surface area contributed by atoms with Gasteiger partial charge in [0.2, 0.25) is 0 Å². The lowest BCUT2D eigenvalue weighted by Crippen LogP contribution is -2.65. The minimum absolute atomic E-state index is 0.0829. The quantitative estimate of drug-likeness (QED) is 0.0742. The third kappa shape index (κ3) is 11.4. The van der Waals surface area contributed by atoms with Gasteiger partial charge in [-0.05, 0) is 36.1 Å². The van der Waals surface area contributed by atoms with Crippen molar-refractivity contribution in [2.75, 3.05) is 13.7 Å². The van der Waals surface area contributed by atoms with Crippen molar-refractivity contribution in [3.8, 4) is 0 Å². The highest BCUT2D eigenvalue weighted by Crippen LogP contribution is 2.36. The van der Waals surface area contributed by atoms with Crippen LogP contribution in [0.15, 0.2) is 134 Å². The van der Waals surface area contributed by atoms with Crippen molar-refractivity contribution >= 4 is 10.1 Å². The van der Waals surface area contributed by atoms with Crippen LogP contribution >= 0.6 is 0 Å². The van der Waals surface area contributed by atoms with Gasteiger partial charge >= 0.3 is 0 Å². The van der Waals surface area contributed by atoms with Crippen molar-refractivity contribution in [3.63, 3.8) is 0 Å². The SMILES string of the molecule is C=CCO[C@@H]1[C@H](OS(=O)(=O)Cc2ccccc2)[C@H](O[C@@H]2[C@H](OCc3ccccc3)[C@@H](OC)O[C@H](C)[C@H]2OCc2ccccc2)O[C@H](C)[C@H]1OCc1ccccc1. The van der Waals surface area contributed by atoms with Crippen LogP contribution in [0.4, 0.5) is 0 Å². The van der Waals surface area contributed by atoms with E-state index in [1.165, 1.54) is 7.11 Å². The van der Waals surface area contributed by atoms with Crippen LogP contribution in [0.2, 0.25) is 0 Å². The minimum Gasteiger partial charge on any atom is -0.368 e. The van der Waals surface area contributed by atoms with Crippen LogP contribution in [0, 0.1) is 0 Å². The number of ether oxygens (including phenoxy) is 8. The molecule has 2 fully saturated rings. The monoisotopic (exact) mass is 788 g/mol. The molecule has 0 saturated carbocycles. The summed E-state index contributed by atoms with van der Waals surface area (Å²) < 4.78 is 85.7. The Morgan fingerprint density at radius 3 is 1.45 bits per heavy atom. The average molecular weight is 789 g/mol. The van der Waals surface area contributed by atoms with Gasteiger partial charge < -0.3 is 37.9 Å². The van der Waals surface area contributed by atoms with E-state index in [-0.39, 0.29) is 32.2 Å². The average Bonchev–Trinajstić information content (AvgIpc) is 3.21. The van der Waals surface area contributed by atoms with Gasteiger partial charge in [-0.25, -0.2) is 0 Å². The van der Waals surface area contributed by atoms with Gasteiger partial charge in [0.1, 0.15) is 36.3 Å². The molecule has 4 aromatic rings. The summed E-state index contributed by atoms with van der Waals surface area (Å²) in [5.41, 5.74) is 3.35. The second kappa shape index (κ2) is 20.6. The van der Waals surface area contributed by atoms with E-state index in [2.05, 4.69) is 6.58 Å². The molecule has 0 spiro atoms. The van der Waals surface area contributed by atoms with Gasteiger partial charge in [0, 0.05) is 7.11 Å². The van der Waals surface area contributed by atoms with Crippen molar-refractivity contribution in [1.82, 2.24) is 0 Å². The van der Waals surface area contributed by atoms with E-state index in [1.807, 2.05) is 111 Å². The topological polar surface area (TPSA) is 117 Å². The van der Waals surface area contributed by atoms with Gasteiger partial charge in [-0.2, -0.15) is 8.42 Å². The minimum atomic E-state index is -4.25. The van der Waals surface area contributed by atoms with Gasteiger partial charge in [-0.1, -0.05) is 127 Å². The highest BCUT2D eigenvalue weighted by molar-refractivity contribution is 7.85. The number of hydrogen-bond acceptors (Lipinski definition) is 11. The van der Waals surface area contributed by atoms with Crippen LogP contribution in [0.5, 0.6) is 0 Å². The molecule has 10 atom stereocenters. The van der Waals surface area contributed by atoms with Crippen LogP contribution in [-0.4, -0.2) is 83.5 Å². The summed E-state index contributed by atoms with van der Waals surface area (Å²) in [7, 11) is -2.72. The predicted octanol–water partition coefficient (Wildman–Crippen LogP) is 6.75. The van der Waals surface area contributed by atoms with E-state index in [4.69, 9.17) is 42.1 Å². The van der Waals surface area contributed by atoms with Crippen LogP contribution < -0.4 is 0 Å². The Morgan fingerprint density at radius 1 is 0.554 bits per heavy atom. The van der Waals surface area contributed by atoms with Crippen molar-refractivity contribution < 1.29 is 50.5 Å². The van der Waals surface area contributed by atoms with Gasteiger partial charge in [-0.3, -0.25) is 4.18 Å². The van der Waals surface area contributed by atoms with Gasteiger partial charge in [0.05, 0.1) is 38.6 Å². The first kappa shape index (κ1) is 41.8. The van der Waals surface area contributed by atoms with Gasteiger partial charge in [0.15, 0.2) is 18.7 Å². The third-order valence-electron chi connectivity index (χ3n) is 9.68. The lowest BCUT2D eigenvalue weighted by atomic mass is 9.96. The fraction of sp³-hybridized carbons (Fsp3) is 0.409. The summed E-state index contributed by atoms with van der Waals surface area (Å²) in [5.74, 6) is -0.387. The second-order valence-corrected chi connectivity index (χ2v) is 15.5. The molecule has 0 amide bonds. The first-order valence-electron chi connectivity index (χ1n) is 18.9. The maximum absolute atomic E-state index is 14.0. The summed E-state index contributed by atoms with van der Waals surface area (Å²) in [6.07, 6.45) is -7.30. The Labute approximate surface area is 330 Å². The van der Waals surface area contributed by atoms with Crippen LogP contribution in [0.3, 0.4) is 0 Å². The van der Waals surface area contributed by atoms with E-state index in [0.717, 1.165) is 16.7 Å². The summed E-state index contributed by atoms with van der Waals surface area (Å²) in [5, 5.41) is 0. The zero-order valence-electron chi connectivity index (χ0n) is 32.0. The molecule has 2 saturated heterocycles. The number of methoxy groups -OCH3 is 1. The molecule has 0 radical (unpaired) electrons. The Kier molecular flexibility index (Phi) is 15.4. The molecular weight excluding hydrogens is 737 g/mol. The van der Waals surface area contributed by atoms with Crippen molar-refractivity contribution in [3.05, 3.63) is 156 Å². The number of rotatable bonds is 19. The molecular formula is C44H52O11S. The molecule has 6 rings (SSSR count). The van der Waals surface area contributed by atoms with E-state index >= 15 is 0 Å². The zero-order valence-corrected chi connectivity index (χ0v) is 32.9. The zero-order chi connectivity index (χ0) is 39.3. The molecule has 2 heterocycles. The maximum atomic E-state index is 14.0. The Balaban J connectivity index is 1.36. The van der Waals surface area contributed by atoms with E-state index in [0.29, 0.717) is 5.56 Å². The Bertz CT molecular complexity index is 1850. The highest BCUT2D eigenvalue weighted by Gasteiger charge is 2.54.